The van der Waals surface area contributed by atoms with E-state index in [0.717, 1.165) is 89.9 Å². The van der Waals surface area contributed by atoms with Gasteiger partial charge in [-0.1, -0.05) is 133 Å². The molecule has 0 radical (unpaired) electrons. The number of allylic oxidation sites excluding steroid dienone is 8. The fourth-order valence-electron chi connectivity index (χ4n) is 5.47. The highest BCUT2D eigenvalue weighted by molar-refractivity contribution is 7.47. The van der Waals surface area contributed by atoms with Crippen LogP contribution < -0.4 is 0 Å². The second-order valence-corrected chi connectivity index (χ2v) is 16.9. The van der Waals surface area contributed by atoms with Crippen LogP contribution in [0.4, 0.5) is 0 Å². The van der Waals surface area contributed by atoms with Crippen LogP contribution in [0.5, 0.6) is 0 Å². The Morgan fingerprint density at radius 2 is 0.965 bits per heavy atom. The van der Waals surface area contributed by atoms with Crippen LogP contribution in [-0.4, -0.2) is 70.4 Å². The molecular weight excluding hydrogens is 774 g/mol. The Labute approximate surface area is 343 Å². The van der Waals surface area contributed by atoms with Crippen molar-refractivity contribution < 1.29 is 61.6 Å². The molecular formula is C42H76O13P2. The van der Waals surface area contributed by atoms with E-state index < -0.39 is 66.2 Å². The molecule has 0 spiro atoms. The zero-order valence-electron chi connectivity index (χ0n) is 34.9. The van der Waals surface area contributed by atoms with E-state index in [2.05, 4.69) is 71.5 Å². The maximum absolute atomic E-state index is 12.6. The number of aliphatic hydroxyl groups excluding tert-OH is 1. The lowest BCUT2D eigenvalue weighted by atomic mass is 10.1. The molecule has 0 amide bonds. The Hall–Kier alpha value is -1.92. The van der Waals surface area contributed by atoms with Gasteiger partial charge in [0.25, 0.3) is 0 Å². The second-order valence-electron chi connectivity index (χ2n) is 14.2. The van der Waals surface area contributed by atoms with Crippen LogP contribution >= 0.6 is 15.6 Å². The van der Waals surface area contributed by atoms with Crippen molar-refractivity contribution in [3.05, 3.63) is 48.6 Å². The van der Waals surface area contributed by atoms with Gasteiger partial charge in [0, 0.05) is 12.8 Å². The third-order valence-corrected chi connectivity index (χ3v) is 10.1. The van der Waals surface area contributed by atoms with Crippen LogP contribution in [0.3, 0.4) is 0 Å². The maximum Gasteiger partial charge on any atom is 0.472 e. The molecule has 0 saturated carbocycles. The molecule has 4 N–H and O–H groups in total. The van der Waals surface area contributed by atoms with Crippen LogP contribution in [0.1, 0.15) is 168 Å². The first-order valence-electron chi connectivity index (χ1n) is 21.3. The maximum atomic E-state index is 12.6. The smallest absolute Gasteiger partial charge is 0.462 e. The zero-order chi connectivity index (χ0) is 42.3. The van der Waals surface area contributed by atoms with Gasteiger partial charge in [0.05, 0.1) is 19.8 Å². The molecule has 3 atom stereocenters. The summed E-state index contributed by atoms with van der Waals surface area (Å²) in [6, 6.07) is 0. The molecule has 0 rings (SSSR count). The molecule has 57 heavy (non-hydrogen) atoms. The van der Waals surface area contributed by atoms with Crippen molar-refractivity contribution in [2.45, 2.75) is 180 Å². The van der Waals surface area contributed by atoms with Gasteiger partial charge in [0.2, 0.25) is 0 Å². The summed E-state index contributed by atoms with van der Waals surface area (Å²) in [6.45, 7) is 1.61. The van der Waals surface area contributed by atoms with Crippen molar-refractivity contribution in [1.29, 1.82) is 0 Å². The van der Waals surface area contributed by atoms with Crippen LogP contribution in [0.15, 0.2) is 48.6 Å². The van der Waals surface area contributed by atoms with Crippen LogP contribution in [0.2, 0.25) is 0 Å². The number of phosphoric acid groups is 2. The van der Waals surface area contributed by atoms with Gasteiger partial charge in [0.15, 0.2) is 6.10 Å². The zero-order valence-corrected chi connectivity index (χ0v) is 36.7. The van der Waals surface area contributed by atoms with Gasteiger partial charge < -0.3 is 29.3 Å². The highest BCUT2D eigenvalue weighted by atomic mass is 31.2. The molecule has 0 aromatic rings. The Kier molecular flexibility index (Phi) is 37.0. The third-order valence-electron chi connectivity index (χ3n) is 8.69. The van der Waals surface area contributed by atoms with E-state index in [1.165, 1.54) is 38.5 Å². The van der Waals surface area contributed by atoms with Gasteiger partial charge in [-0.25, -0.2) is 9.13 Å². The molecule has 0 aliphatic heterocycles. The quantitative estimate of drug-likeness (QED) is 0.0197. The lowest BCUT2D eigenvalue weighted by molar-refractivity contribution is -0.161. The average Bonchev–Trinajstić information content (AvgIpc) is 3.17. The molecule has 0 aromatic heterocycles. The molecule has 15 heteroatoms. The number of aliphatic hydroxyl groups is 1. The van der Waals surface area contributed by atoms with E-state index in [9.17, 15) is 28.7 Å². The largest absolute Gasteiger partial charge is 0.472 e. The fourth-order valence-corrected chi connectivity index (χ4v) is 6.63. The van der Waals surface area contributed by atoms with Gasteiger partial charge in [0.1, 0.15) is 12.7 Å². The van der Waals surface area contributed by atoms with Crippen LogP contribution in [-0.2, 0) is 41.8 Å². The molecule has 0 aliphatic carbocycles. The van der Waals surface area contributed by atoms with E-state index in [-0.39, 0.29) is 12.8 Å². The number of carbonyl (C=O) groups excluding carboxylic acids is 2. The number of hydrogen-bond acceptors (Lipinski definition) is 10. The topological polar surface area (TPSA) is 195 Å². The van der Waals surface area contributed by atoms with Crippen molar-refractivity contribution in [3.8, 4) is 0 Å². The summed E-state index contributed by atoms with van der Waals surface area (Å²) in [4.78, 5) is 52.6. The Bertz CT molecular complexity index is 1200. The Morgan fingerprint density at radius 1 is 0.526 bits per heavy atom. The van der Waals surface area contributed by atoms with Crippen molar-refractivity contribution in [3.63, 3.8) is 0 Å². The predicted molar refractivity (Wildman–Crippen MR) is 225 cm³/mol. The van der Waals surface area contributed by atoms with Gasteiger partial charge in [-0.15, -0.1) is 0 Å². The first-order chi connectivity index (χ1) is 27.4. The van der Waals surface area contributed by atoms with E-state index in [1.54, 1.807) is 0 Å². The van der Waals surface area contributed by atoms with E-state index in [1.807, 2.05) is 0 Å². The third kappa shape index (κ3) is 42.0. The number of hydrogen-bond donors (Lipinski definition) is 4. The summed E-state index contributed by atoms with van der Waals surface area (Å²) in [7, 11) is -9.67. The number of unbranched alkanes of at least 4 members (excludes halogenated alkanes) is 16. The fraction of sp³-hybridized carbons (Fsp3) is 0.762. The molecule has 0 fully saturated rings. The standard InChI is InChI=1S/C42H76O13P2/c1-3-5-7-9-11-13-15-17-19-21-23-25-27-29-31-33-41(44)51-37-40(38-54-57(49,50)53-36-39(43)35-52-56(46,47)48)55-42(45)34-32-30-28-26-24-22-20-18-16-14-12-10-8-6-4-2/h5,7,11,13,17-20,39-40,43H,3-4,6,8-10,12,14-16,21-38H2,1-2H3,(H,49,50)(H2,46,47,48). The molecule has 0 aliphatic rings. The summed E-state index contributed by atoms with van der Waals surface area (Å²) >= 11 is 0. The summed E-state index contributed by atoms with van der Waals surface area (Å²) in [5, 5.41) is 9.74. The van der Waals surface area contributed by atoms with Crippen LogP contribution in [0.25, 0.3) is 0 Å². The summed E-state index contributed by atoms with van der Waals surface area (Å²) in [5.74, 6) is -1.06. The lowest BCUT2D eigenvalue weighted by Gasteiger charge is -2.20. The summed E-state index contributed by atoms with van der Waals surface area (Å²) in [6.07, 6.45) is 38.2. The monoisotopic (exact) mass is 850 g/mol. The van der Waals surface area contributed by atoms with Gasteiger partial charge in [-0.3, -0.25) is 23.2 Å². The van der Waals surface area contributed by atoms with E-state index in [4.69, 9.17) is 23.8 Å². The van der Waals surface area contributed by atoms with Crippen LogP contribution in [0, 0.1) is 0 Å². The minimum atomic E-state index is -4.86. The van der Waals surface area contributed by atoms with Crippen molar-refractivity contribution in [2.75, 3.05) is 26.4 Å². The number of phosphoric ester groups is 2. The molecule has 13 nitrogen and oxygen atoms in total. The summed E-state index contributed by atoms with van der Waals surface area (Å²) in [5.41, 5.74) is 0. The normalized spacial score (nSPS) is 14.6. The van der Waals surface area contributed by atoms with E-state index in [0.29, 0.717) is 12.8 Å². The second kappa shape index (κ2) is 38.3. The molecule has 332 valence electrons. The summed E-state index contributed by atoms with van der Waals surface area (Å²) < 4.78 is 47.7. The van der Waals surface area contributed by atoms with Crippen molar-refractivity contribution in [1.82, 2.24) is 0 Å². The number of esters is 2. The Morgan fingerprint density at radius 3 is 1.51 bits per heavy atom. The van der Waals surface area contributed by atoms with Gasteiger partial charge in [-0.2, -0.15) is 0 Å². The molecule has 0 heterocycles. The van der Waals surface area contributed by atoms with E-state index >= 15 is 0 Å². The molecule has 0 saturated heterocycles. The highest BCUT2D eigenvalue weighted by Gasteiger charge is 2.28. The minimum Gasteiger partial charge on any atom is -0.462 e. The number of carbonyl (C=O) groups is 2. The first kappa shape index (κ1) is 55.1. The molecule has 0 bridgehead atoms. The predicted octanol–water partition coefficient (Wildman–Crippen LogP) is 10.7. The Balaban J connectivity index is 4.57. The van der Waals surface area contributed by atoms with Gasteiger partial charge in [-0.05, 0) is 70.6 Å². The first-order valence-corrected chi connectivity index (χ1v) is 24.4. The number of ether oxygens (including phenoxy) is 2. The molecule has 3 unspecified atom stereocenters. The van der Waals surface area contributed by atoms with Gasteiger partial charge >= 0.3 is 27.6 Å². The van der Waals surface area contributed by atoms with Crippen molar-refractivity contribution in [2.24, 2.45) is 0 Å². The highest BCUT2D eigenvalue weighted by Crippen LogP contribution is 2.43. The SMILES string of the molecule is CCC=CCC=CCC=CCCCCCCCC(=O)OCC(COP(=O)(O)OCC(O)COP(=O)(O)O)OC(=O)CCCCCCCC=CCCCCCCCC. The van der Waals surface area contributed by atoms with Crippen molar-refractivity contribution >= 4 is 27.6 Å². The molecule has 0 aromatic carbocycles. The number of rotatable bonds is 40. The minimum absolute atomic E-state index is 0.117. The average molecular weight is 851 g/mol. The lowest BCUT2D eigenvalue weighted by Crippen LogP contribution is -2.30.